The fourth-order valence-corrected chi connectivity index (χ4v) is 4.13. The Morgan fingerprint density at radius 2 is 2.13 bits per heavy atom. The summed E-state index contributed by atoms with van der Waals surface area (Å²) in [6, 6.07) is 9.69. The van der Waals surface area contributed by atoms with Crippen molar-refractivity contribution in [1.29, 1.82) is 0 Å². The van der Waals surface area contributed by atoms with E-state index in [0.717, 1.165) is 16.7 Å². The predicted octanol–water partition coefficient (Wildman–Crippen LogP) is 4.80. The fourth-order valence-electron chi connectivity index (χ4n) is 2.85. The minimum Gasteiger partial charge on any atom is -0.361 e. The van der Waals surface area contributed by atoms with Crippen LogP contribution < -0.4 is 5.32 Å². The number of hydrogen-bond acceptors (Lipinski definition) is 4. The van der Waals surface area contributed by atoms with Gasteiger partial charge in [-0.1, -0.05) is 36.6 Å². The average Bonchev–Trinajstić information content (AvgIpc) is 3.01. The van der Waals surface area contributed by atoms with Gasteiger partial charge in [0.05, 0.1) is 0 Å². The Bertz CT molecular complexity index is 663. The second-order valence-electron chi connectivity index (χ2n) is 6.05. The zero-order chi connectivity index (χ0) is 16.1. The molecule has 1 fully saturated rings. The number of thioether (sulfide) groups is 1. The molecule has 1 saturated carbocycles. The number of aromatic nitrogens is 1. The molecule has 1 heterocycles. The van der Waals surface area contributed by atoms with Crippen LogP contribution in [-0.2, 0) is 5.75 Å². The molecule has 1 aliphatic rings. The molecule has 2 aromatic rings. The number of amides is 1. The van der Waals surface area contributed by atoms with Gasteiger partial charge in [0.2, 0.25) is 0 Å². The molecule has 0 spiro atoms. The maximum atomic E-state index is 12.1. The molecule has 0 radical (unpaired) electrons. The van der Waals surface area contributed by atoms with Gasteiger partial charge < -0.3 is 9.84 Å². The van der Waals surface area contributed by atoms with E-state index < -0.39 is 0 Å². The smallest absolute Gasteiger partial charge is 0.277 e. The van der Waals surface area contributed by atoms with Crippen LogP contribution in [0.3, 0.4) is 0 Å². The molecular formula is C18H22N2O2S. The van der Waals surface area contributed by atoms with E-state index in [1.54, 1.807) is 13.0 Å². The van der Waals surface area contributed by atoms with Crippen molar-refractivity contribution in [3.63, 3.8) is 0 Å². The first-order valence-electron chi connectivity index (χ1n) is 8.16. The first-order valence-corrected chi connectivity index (χ1v) is 9.21. The predicted molar refractivity (Wildman–Crippen MR) is 93.8 cm³/mol. The highest BCUT2D eigenvalue weighted by molar-refractivity contribution is 7.99. The van der Waals surface area contributed by atoms with Crippen molar-refractivity contribution in [3.05, 3.63) is 47.3 Å². The normalized spacial score (nSPS) is 15.5. The lowest BCUT2D eigenvalue weighted by Crippen LogP contribution is -2.12. The summed E-state index contributed by atoms with van der Waals surface area (Å²) >= 11 is 2.04. The highest BCUT2D eigenvalue weighted by Gasteiger charge is 2.14. The van der Waals surface area contributed by atoms with Crippen LogP contribution in [0.4, 0.5) is 5.69 Å². The first-order chi connectivity index (χ1) is 11.2. The van der Waals surface area contributed by atoms with Gasteiger partial charge >= 0.3 is 0 Å². The van der Waals surface area contributed by atoms with E-state index in [4.69, 9.17) is 4.52 Å². The number of anilines is 1. The maximum absolute atomic E-state index is 12.1. The quantitative estimate of drug-likeness (QED) is 0.855. The van der Waals surface area contributed by atoms with Crippen molar-refractivity contribution >= 4 is 23.4 Å². The number of aryl methyl sites for hydroxylation is 1. The van der Waals surface area contributed by atoms with Crippen molar-refractivity contribution in [3.8, 4) is 0 Å². The van der Waals surface area contributed by atoms with E-state index in [1.807, 2.05) is 30.0 Å². The van der Waals surface area contributed by atoms with Crippen molar-refractivity contribution in [2.75, 3.05) is 5.32 Å². The number of hydrogen-bond donors (Lipinski definition) is 1. The number of nitrogens with zero attached hydrogens (tertiary/aromatic N) is 1. The SMILES string of the molecule is Cc1cc(C(=O)Nc2cccc(CSC3CCCCC3)c2)no1. The summed E-state index contributed by atoms with van der Waals surface area (Å²) in [7, 11) is 0. The van der Waals surface area contributed by atoms with Crippen LogP contribution in [0, 0.1) is 6.92 Å². The van der Waals surface area contributed by atoms with E-state index in [1.165, 1.54) is 37.7 Å². The summed E-state index contributed by atoms with van der Waals surface area (Å²) in [5.41, 5.74) is 2.36. The second-order valence-corrected chi connectivity index (χ2v) is 7.34. The third kappa shape index (κ3) is 4.61. The molecule has 1 amide bonds. The number of nitrogens with one attached hydrogen (secondary N) is 1. The van der Waals surface area contributed by atoms with Crippen LogP contribution in [0.25, 0.3) is 0 Å². The molecule has 0 bridgehead atoms. The van der Waals surface area contributed by atoms with Gasteiger partial charge in [-0.05, 0) is 37.5 Å². The van der Waals surface area contributed by atoms with Crippen LogP contribution in [-0.4, -0.2) is 16.3 Å². The highest BCUT2D eigenvalue weighted by atomic mass is 32.2. The zero-order valence-electron chi connectivity index (χ0n) is 13.4. The van der Waals surface area contributed by atoms with Gasteiger partial charge in [-0.3, -0.25) is 4.79 Å². The molecule has 0 aliphatic heterocycles. The Kier molecular flexibility index (Phi) is 5.39. The van der Waals surface area contributed by atoms with Crippen LogP contribution in [0.5, 0.6) is 0 Å². The van der Waals surface area contributed by atoms with Gasteiger partial charge in [0.25, 0.3) is 5.91 Å². The molecule has 4 nitrogen and oxygen atoms in total. The molecular weight excluding hydrogens is 308 g/mol. The lowest BCUT2D eigenvalue weighted by Gasteiger charge is -2.21. The fraction of sp³-hybridized carbons (Fsp3) is 0.444. The molecule has 23 heavy (non-hydrogen) atoms. The Labute approximate surface area is 141 Å². The standard InChI is InChI=1S/C18H22N2O2S/c1-13-10-17(20-22-13)18(21)19-15-7-5-6-14(11-15)12-23-16-8-3-2-4-9-16/h5-7,10-11,16H,2-4,8-9,12H2,1H3,(H,19,21). The van der Waals surface area contributed by atoms with Crippen molar-refractivity contribution < 1.29 is 9.32 Å². The van der Waals surface area contributed by atoms with Crippen molar-refractivity contribution in [2.45, 2.75) is 50.0 Å². The van der Waals surface area contributed by atoms with Gasteiger partial charge in [-0.15, -0.1) is 0 Å². The molecule has 1 N–H and O–H groups in total. The second kappa shape index (κ2) is 7.68. The summed E-state index contributed by atoms with van der Waals surface area (Å²) < 4.78 is 4.94. The minimum absolute atomic E-state index is 0.237. The summed E-state index contributed by atoms with van der Waals surface area (Å²) in [6.07, 6.45) is 6.80. The largest absolute Gasteiger partial charge is 0.361 e. The summed E-state index contributed by atoms with van der Waals surface area (Å²) in [6.45, 7) is 1.77. The van der Waals surface area contributed by atoms with Gasteiger partial charge in [0.1, 0.15) is 5.76 Å². The monoisotopic (exact) mass is 330 g/mol. The van der Waals surface area contributed by atoms with Crippen LogP contribution in [0.15, 0.2) is 34.9 Å². The van der Waals surface area contributed by atoms with Crippen molar-refractivity contribution in [2.24, 2.45) is 0 Å². The van der Waals surface area contributed by atoms with Crippen LogP contribution >= 0.6 is 11.8 Å². The number of benzene rings is 1. The molecule has 3 rings (SSSR count). The Morgan fingerprint density at radius 3 is 2.87 bits per heavy atom. The summed E-state index contributed by atoms with van der Waals surface area (Å²) in [4.78, 5) is 12.1. The summed E-state index contributed by atoms with van der Waals surface area (Å²) in [5, 5.41) is 7.41. The Hall–Kier alpha value is -1.75. The highest BCUT2D eigenvalue weighted by Crippen LogP contribution is 2.30. The zero-order valence-corrected chi connectivity index (χ0v) is 14.2. The van der Waals surface area contributed by atoms with E-state index in [9.17, 15) is 4.79 Å². The van der Waals surface area contributed by atoms with Gasteiger partial charge in [-0.2, -0.15) is 11.8 Å². The lowest BCUT2D eigenvalue weighted by molar-refractivity contribution is 0.101. The van der Waals surface area contributed by atoms with E-state index in [2.05, 4.69) is 16.5 Å². The third-order valence-electron chi connectivity index (χ3n) is 4.08. The molecule has 1 aliphatic carbocycles. The van der Waals surface area contributed by atoms with Gasteiger partial charge in [0.15, 0.2) is 5.69 Å². The number of carbonyl (C=O) groups excluding carboxylic acids is 1. The third-order valence-corrected chi connectivity index (χ3v) is 5.53. The van der Waals surface area contributed by atoms with Crippen molar-refractivity contribution in [1.82, 2.24) is 5.16 Å². The summed E-state index contributed by atoms with van der Waals surface area (Å²) in [5.74, 6) is 1.39. The lowest BCUT2D eigenvalue weighted by atomic mass is 10.0. The molecule has 1 aromatic heterocycles. The first kappa shape index (κ1) is 16.1. The Morgan fingerprint density at radius 1 is 1.30 bits per heavy atom. The topological polar surface area (TPSA) is 55.1 Å². The maximum Gasteiger partial charge on any atom is 0.277 e. The molecule has 5 heteroatoms. The van der Waals surface area contributed by atoms with Gasteiger partial charge in [0, 0.05) is 22.8 Å². The average molecular weight is 330 g/mol. The van der Waals surface area contributed by atoms with E-state index >= 15 is 0 Å². The van der Waals surface area contributed by atoms with E-state index in [0.29, 0.717) is 11.5 Å². The molecule has 1 aromatic carbocycles. The van der Waals surface area contributed by atoms with Gasteiger partial charge in [-0.25, -0.2) is 0 Å². The number of carbonyl (C=O) groups is 1. The molecule has 122 valence electrons. The minimum atomic E-state index is -0.237. The number of rotatable bonds is 5. The van der Waals surface area contributed by atoms with E-state index in [-0.39, 0.29) is 5.91 Å². The molecule has 0 unspecified atom stereocenters. The molecule has 0 atom stereocenters. The van der Waals surface area contributed by atoms with Crippen LogP contribution in [0.1, 0.15) is 53.9 Å². The van der Waals surface area contributed by atoms with Crippen LogP contribution in [0.2, 0.25) is 0 Å². The Balaban J connectivity index is 1.57. The molecule has 0 saturated heterocycles.